The molecule has 1 aromatic heterocycles. The number of ether oxygens (including phenoxy) is 1. The fraction of sp³-hybridized carbons (Fsp3) is 0.318. The molecule has 1 aliphatic carbocycles. The number of nitrogens with zero attached hydrogens (tertiary/aromatic N) is 2. The van der Waals surface area contributed by atoms with E-state index in [-0.39, 0.29) is 24.5 Å². The molecule has 0 bridgehead atoms. The molecule has 1 fully saturated rings. The summed E-state index contributed by atoms with van der Waals surface area (Å²) in [5.74, 6) is 0.0492. The number of carbonyl (C=O) groups excluding carboxylic acids is 2. The first kappa shape index (κ1) is 19.0. The van der Waals surface area contributed by atoms with Crippen molar-refractivity contribution >= 4 is 22.6 Å². The average molecular weight is 392 g/mol. The zero-order chi connectivity index (χ0) is 20.1. The minimum absolute atomic E-state index is 0.101. The molecule has 7 nitrogen and oxygen atoms in total. The molecule has 2 amide bonds. The second-order valence-electron chi connectivity index (χ2n) is 7.24. The van der Waals surface area contributed by atoms with Crippen molar-refractivity contribution in [2.45, 2.75) is 31.8 Å². The molecule has 7 heteroatoms. The maximum atomic E-state index is 12.8. The fourth-order valence-corrected chi connectivity index (χ4v) is 3.13. The number of hydrogen-bond donors (Lipinski definition) is 2. The van der Waals surface area contributed by atoms with Crippen molar-refractivity contribution in [3.63, 3.8) is 0 Å². The first-order valence-electron chi connectivity index (χ1n) is 9.88. The summed E-state index contributed by atoms with van der Waals surface area (Å²) in [5.41, 5.74) is 0.436. The summed E-state index contributed by atoms with van der Waals surface area (Å²) >= 11 is 0. The minimum Gasteiger partial charge on any atom is -0.483 e. The third-order valence-corrected chi connectivity index (χ3v) is 4.83. The average Bonchev–Trinajstić information content (AvgIpc) is 3.39. The Balaban J connectivity index is 1.43. The Bertz CT molecular complexity index is 996. The lowest BCUT2D eigenvalue weighted by Crippen LogP contribution is -2.31. The number of amides is 2. The molecular weight excluding hydrogens is 368 g/mol. The maximum absolute atomic E-state index is 12.8. The molecule has 1 saturated carbocycles. The Morgan fingerprint density at radius 3 is 2.69 bits per heavy atom. The summed E-state index contributed by atoms with van der Waals surface area (Å²) in [4.78, 5) is 28.8. The monoisotopic (exact) mass is 392 g/mol. The van der Waals surface area contributed by atoms with Crippen LogP contribution in [0.3, 0.4) is 0 Å². The molecular formula is C22H24N4O3. The van der Waals surface area contributed by atoms with Gasteiger partial charge in [-0.1, -0.05) is 24.3 Å². The molecule has 2 N–H and O–H groups in total. The van der Waals surface area contributed by atoms with Crippen molar-refractivity contribution in [3.8, 4) is 5.75 Å². The number of aromatic nitrogens is 2. The molecule has 0 spiro atoms. The Morgan fingerprint density at radius 1 is 1.17 bits per heavy atom. The van der Waals surface area contributed by atoms with Crippen molar-refractivity contribution in [2.75, 3.05) is 13.2 Å². The minimum atomic E-state index is -0.209. The van der Waals surface area contributed by atoms with Crippen LogP contribution in [0.15, 0.2) is 55.1 Å². The third kappa shape index (κ3) is 5.13. The molecule has 0 saturated heterocycles. The van der Waals surface area contributed by atoms with E-state index < -0.39 is 0 Å². The first-order valence-corrected chi connectivity index (χ1v) is 9.88. The van der Waals surface area contributed by atoms with Crippen molar-refractivity contribution in [2.24, 2.45) is 0 Å². The first-order chi connectivity index (χ1) is 14.2. The highest BCUT2D eigenvalue weighted by Gasteiger charge is 2.23. The van der Waals surface area contributed by atoms with Gasteiger partial charge in [0, 0.05) is 31.5 Å². The van der Waals surface area contributed by atoms with Gasteiger partial charge >= 0.3 is 0 Å². The van der Waals surface area contributed by atoms with Gasteiger partial charge in [-0.25, -0.2) is 4.98 Å². The molecule has 0 radical (unpaired) electrons. The summed E-state index contributed by atoms with van der Waals surface area (Å²) in [6.07, 6.45) is 8.21. The molecule has 2 aromatic carbocycles. The molecule has 1 aliphatic rings. The van der Waals surface area contributed by atoms with E-state index in [0.717, 1.165) is 36.6 Å². The molecule has 4 rings (SSSR count). The van der Waals surface area contributed by atoms with E-state index in [1.165, 1.54) is 0 Å². The predicted octanol–water partition coefficient (Wildman–Crippen LogP) is 2.51. The lowest BCUT2D eigenvalue weighted by atomic mass is 10.1. The summed E-state index contributed by atoms with van der Waals surface area (Å²) in [7, 11) is 0. The quantitative estimate of drug-likeness (QED) is 0.548. The topological polar surface area (TPSA) is 85.2 Å². The van der Waals surface area contributed by atoms with Gasteiger partial charge in [-0.2, -0.15) is 0 Å². The van der Waals surface area contributed by atoms with Gasteiger partial charge in [0.2, 0.25) is 0 Å². The van der Waals surface area contributed by atoms with Gasteiger partial charge in [0.25, 0.3) is 11.8 Å². The molecule has 0 aliphatic heterocycles. The predicted molar refractivity (Wildman–Crippen MR) is 110 cm³/mol. The molecule has 0 atom stereocenters. The van der Waals surface area contributed by atoms with E-state index in [1.54, 1.807) is 12.5 Å². The second-order valence-corrected chi connectivity index (χ2v) is 7.24. The number of aryl methyl sites for hydroxylation is 1. The van der Waals surface area contributed by atoms with Gasteiger partial charge < -0.3 is 19.9 Å². The van der Waals surface area contributed by atoms with Crippen molar-refractivity contribution in [1.82, 2.24) is 20.2 Å². The number of benzene rings is 2. The van der Waals surface area contributed by atoms with E-state index in [4.69, 9.17) is 4.74 Å². The van der Waals surface area contributed by atoms with Gasteiger partial charge in [0.15, 0.2) is 6.61 Å². The summed E-state index contributed by atoms with van der Waals surface area (Å²) in [6, 6.07) is 11.7. The second kappa shape index (κ2) is 8.77. The number of carbonyl (C=O) groups is 2. The van der Waals surface area contributed by atoms with E-state index in [1.807, 2.05) is 47.2 Å². The van der Waals surface area contributed by atoms with Crippen LogP contribution in [0.1, 0.15) is 29.6 Å². The summed E-state index contributed by atoms with van der Waals surface area (Å²) < 4.78 is 7.70. The van der Waals surface area contributed by atoms with Gasteiger partial charge in [-0.15, -0.1) is 0 Å². The van der Waals surface area contributed by atoms with Crippen LogP contribution in [0.4, 0.5) is 0 Å². The highest BCUT2D eigenvalue weighted by molar-refractivity contribution is 6.01. The van der Waals surface area contributed by atoms with Crippen molar-refractivity contribution < 1.29 is 14.3 Å². The van der Waals surface area contributed by atoms with Crippen LogP contribution in [0.5, 0.6) is 5.75 Å². The van der Waals surface area contributed by atoms with E-state index in [0.29, 0.717) is 17.9 Å². The van der Waals surface area contributed by atoms with E-state index >= 15 is 0 Å². The van der Waals surface area contributed by atoms with Crippen LogP contribution in [-0.2, 0) is 11.3 Å². The van der Waals surface area contributed by atoms with E-state index in [9.17, 15) is 9.59 Å². The fourth-order valence-electron chi connectivity index (χ4n) is 3.13. The highest BCUT2D eigenvalue weighted by atomic mass is 16.5. The smallest absolute Gasteiger partial charge is 0.258 e. The summed E-state index contributed by atoms with van der Waals surface area (Å²) in [5, 5.41) is 7.75. The lowest BCUT2D eigenvalue weighted by molar-refractivity contribution is -0.123. The van der Waals surface area contributed by atoms with Gasteiger partial charge in [-0.05, 0) is 42.2 Å². The number of fused-ring (bicyclic) bond motifs is 1. The van der Waals surface area contributed by atoms with Crippen molar-refractivity contribution in [3.05, 3.63) is 60.7 Å². The van der Waals surface area contributed by atoms with Gasteiger partial charge in [0.1, 0.15) is 5.75 Å². The Labute approximate surface area is 169 Å². The summed E-state index contributed by atoms with van der Waals surface area (Å²) in [6.45, 7) is 1.21. The zero-order valence-corrected chi connectivity index (χ0v) is 16.1. The normalized spacial score (nSPS) is 13.2. The molecule has 0 unspecified atom stereocenters. The number of nitrogens with one attached hydrogen (secondary N) is 2. The maximum Gasteiger partial charge on any atom is 0.258 e. The van der Waals surface area contributed by atoms with Crippen LogP contribution in [0, 0.1) is 0 Å². The lowest BCUT2D eigenvalue weighted by Gasteiger charge is -2.13. The Morgan fingerprint density at radius 2 is 1.97 bits per heavy atom. The van der Waals surface area contributed by atoms with Gasteiger partial charge in [0.05, 0.1) is 11.9 Å². The Kier molecular flexibility index (Phi) is 5.74. The standard InChI is InChI=1S/C22H24N4O3/c27-21(25-18-6-7-18)14-29-20-13-17-5-2-1-4-16(17)12-19(20)22(28)24-8-3-10-26-11-9-23-15-26/h1-2,4-5,9,11-13,15,18H,3,6-8,10,14H2,(H,24,28)(H,25,27). The third-order valence-electron chi connectivity index (χ3n) is 4.83. The van der Waals surface area contributed by atoms with Crippen molar-refractivity contribution in [1.29, 1.82) is 0 Å². The van der Waals surface area contributed by atoms with Crippen LogP contribution < -0.4 is 15.4 Å². The molecule has 29 heavy (non-hydrogen) atoms. The highest BCUT2D eigenvalue weighted by Crippen LogP contribution is 2.26. The van der Waals surface area contributed by atoms with E-state index in [2.05, 4.69) is 15.6 Å². The Hall–Kier alpha value is -3.35. The van der Waals surface area contributed by atoms with Crippen LogP contribution in [0.2, 0.25) is 0 Å². The zero-order valence-electron chi connectivity index (χ0n) is 16.1. The van der Waals surface area contributed by atoms with Crippen LogP contribution in [-0.4, -0.2) is 40.6 Å². The number of imidazole rings is 1. The number of rotatable bonds is 9. The molecule has 1 heterocycles. The van der Waals surface area contributed by atoms with Crippen LogP contribution in [0.25, 0.3) is 10.8 Å². The van der Waals surface area contributed by atoms with Crippen LogP contribution >= 0.6 is 0 Å². The van der Waals surface area contributed by atoms with Gasteiger partial charge in [-0.3, -0.25) is 9.59 Å². The largest absolute Gasteiger partial charge is 0.483 e. The molecule has 150 valence electrons. The number of hydrogen-bond acceptors (Lipinski definition) is 4. The molecule has 3 aromatic rings. The SMILES string of the molecule is O=C(COc1cc2ccccc2cc1C(=O)NCCCn1ccnc1)NC1CC1.